The maximum absolute atomic E-state index is 11.5. The average Bonchev–Trinajstić information content (AvgIpc) is 3.25. The molecule has 1 fully saturated rings. The summed E-state index contributed by atoms with van der Waals surface area (Å²) in [7, 11) is -3.34. The van der Waals surface area contributed by atoms with Crippen molar-refractivity contribution >= 4 is 38.7 Å². The first kappa shape index (κ1) is 19.4. The van der Waals surface area contributed by atoms with Gasteiger partial charge in [-0.05, 0) is 67.7 Å². The van der Waals surface area contributed by atoms with Gasteiger partial charge < -0.3 is 14.6 Å². The number of aromatic nitrogens is 1. The number of nitrogens with one attached hydrogen (secondary N) is 2. The Labute approximate surface area is 174 Å². The molecule has 0 aliphatic carbocycles. The number of hydrogen-bond donors (Lipinski definition) is 2. The van der Waals surface area contributed by atoms with Crippen molar-refractivity contribution in [3.63, 3.8) is 0 Å². The summed E-state index contributed by atoms with van der Waals surface area (Å²) in [6.45, 7) is 1.90. The van der Waals surface area contributed by atoms with Gasteiger partial charge in [0.15, 0.2) is 5.11 Å². The van der Waals surface area contributed by atoms with Crippen molar-refractivity contribution in [3.8, 4) is 0 Å². The fourth-order valence-electron chi connectivity index (χ4n) is 3.44. The molecule has 3 heterocycles. The van der Waals surface area contributed by atoms with Crippen molar-refractivity contribution in [2.75, 3.05) is 15.9 Å². The van der Waals surface area contributed by atoms with Gasteiger partial charge in [-0.25, -0.2) is 8.42 Å². The Morgan fingerprint density at radius 3 is 2.48 bits per heavy atom. The van der Waals surface area contributed by atoms with Gasteiger partial charge in [-0.3, -0.25) is 9.71 Å². The van der Waals surface area contributed by atoms with E-state index in [4.69, 9.17) is 16.6 Å². The van der Waals surface area contributed by atoms with E-state index in [0.717, 1.165) is 29.2 Å². The van der Waals surface area contributed by atoms with Crippen LogP contribution in [-0.4, -0.2) is 24.8 Å². The molecule has 150 valence electrons. The molecule has 29 heavy (non-hydrogen) atoms. The van der Waals surface area contributed by atoms with Crippen molar-refractivity contribution < 1.29 is 12.8 Å². The van der Waals surface area contributed by atoms with Gasteiger partial charge in [0, 0.05) is 17.6 Å². The molecule has 4 rings (SSSR count). The molecule has 1 saturated heterocycles. The minimum atomic E-state index is -3.34. The molecule has 0 radical (unpaired) electrons. The van der Waals surface area contributed by atoms with Crippen molar-refractivity contribution in [1.29, 1.82) is 0 Å². The first-order valence-electron chi connectivity index (χ1n) is 8.97. The summed E-state index contributed by atoms with van der Waals surface area (Å²) in [6.07, 6.45) is 2.87. The lowest BCUT2D eigenvalue weighted by molar-refractivity contribution is 0.418. The highest BCUT2D eigenvalue weighted by Gasteiger charge is 2.42. The summed E-state index contributed by atoms with van der Waals surface area (Å²) in [6, 6.07) is 16.3. The lowest BCUT2D eigenvalue weighted by atomic mass is 10.0. The predicted octanol–water partition coefficient (Wildman–Crippen LogP) is 3.53. The minimum absolute atomic E-state index is 0.192. The maximum atomic E-state index is 11.5. The zero-order chi connectivity index (χ0) is 20.6. The zero-order valence-corrected chi connectivity index (χ0v) is 17.5. The Morgan fingerprint density at radius 2 is 1.90 bits per heavy atom. The average molecular weight is 429 g/mol. The molecule has 2 N–H and O–H groups in total. The summed E-state index contributed by atoms with van der Waals surface area (Å²) in [5.74, 6) is 1.58. The molecule has 0 amide bonds. The van der Waals surface area contributed by atoms with Crippen molar-refractivity contribution in [1.82, 2.24) is 10.3 Å². The Kier molecular flexibility index (Phi) is 5.01. The van der Waals surface area contributed by atoms with Gasteiger partial charge in [0.25, 0.3) is 0 Å². The molecule has 2 aromatic heterocycles. The molecule has 1 aromatic carbocycles. The van der Waals surface area contributed by atoms with Crippen LogP contribution in [0, 0.1) is 6.92 Å². The van der Waals surface area contributed by atoms with Crippen LogP contribution in [-0.2, 0) is 10.0 Å². The van der Waals surface area contributed by atoms with Crippen LogP contribution < -0.4 is 14.9 Å². The third-order valence-electron chi connectivity index (χ3n) is 4.60. The normalized spacial score (nSPS) is 19.2. The summed E-state index contributed by atoms with van der Waals surface area (Å²) in [5.41, 5.74) is 2.16. The van der Waals surface area contributed by atoms with Gasteiger partial charge in [0.2, 0.25) is 10.0 Å². The van der Waals surface area contributed by atoms with Crippen molar-refractivity contribution in [2.45, 2.75) is 19.0 Å². The van der Waals surface area contributed by atoms with E-state index in [0.29, 0.717) is 10.8 Å². The minimum Gasteiger partial charge on any atom is -0.464 e. The molecule has 9 heteroatoms. The van der Waals surface area contributed by atoms with Gasteiger partial charge in [0.05, 0.1) is 18.0 Å². The van der Waals surface area contributed by atoms with Gasteiger partial charge >= 0.3 is 0 Å². The maximum Gasteiger partial charge on any atom is 0.229 e. The highest BCUT2D eigenvalue weighted by molar-refractivity contribution is 7.92. The highest BCUT2D eigenvalue weighted by atomic mass is 32.2. The Morgan fingerprint density at radius 1 is 1.14 bits per heavy atom. The van der Waals surface area contributed by atoms with Crippen LogP contribution in [0.5, 0.6) is 0 Å². The van der Waals surface area contributed by atoms with Gasteiger partial charge in [-0.1, -0.05) is 6.07 Å². The standard InChI is InChI=1S/C20H20N4O3S2/c1-13-6-11-17(27-13)19-18(16-5-3-4-12-21-16)22-20(28)24(19)15-9-7-14(8-10-15)23-29(2,25)26/h3-12,18-19,23H,1-2H3,(H,22,28)/t18-,19+/m1/s1. The van der Waals surface area contributed by atoms with Crippen LogP contribution >= 0.6 is 12.2 Å². The second-order valence-electron chi connectivity index (χ2n) is 6.87. The van der Waals surface area contributed by atoms with E-state index >= 15 is 0 Å². The third-order valence-corrected chi connectivity index (χ3v) is 5.52. The molecule has 3 aromatic rings. The summed E-state index contributed by atoms with van der Waals surface area (Å²) >= 11 is 5.64. The number of aryl methyl sites for hydroxylation is 1. The smallest absolute Gasteiger partial charge is 0.229 e. The Bertz CT molecular complexity index is 1130. The number of anilines is 2. The van der Waals surface area contributed by atoms with Crippen molar-refractivity contribution in [2.24, 2.45) is 0 Å². The molecule has 0 unspecified atom stereocenters. The third kappa shape index (κ3) is 4.10. The molecule has 2 atom stereocenters. The molecule has 0 bridgehead atoms. The SMILES string of the molecule is Cc1ccc([C@H]2[C@@H](c3ccccn3)NC(=S)N2c2ccc(NS(C)(=O)=O)cc2)o1. The topological polar surface area (TPSA) is 87.5 Å². The van der Waals surface area contributed by atoms with Crippen LogP contribution in [0.15, 0.2) is 65.2 Å². The molecule has 0 saturated carbocycles. The Hall–Kier alpha value is -2.91. The number of nitrogens with zero attached hydrogens (tertiary/aromatic N) is 2. The van der Waals surface area contributed by atoms with Crippen molar-refractivity contribution in [3.05, 3.63) is 78.0 Å². The molecular formula is C20H20N4O3S2. The van der Waals surface area contributed by atoms with E-state index in [1.165, 1.54) is 0 Å². The summed E-state index contributed by atoms with van der Waals surface area (Å²) in [4.78, 5) is 6.46. The van der Waals surface area contributed by atoms with E-state index in [1.807, 2.05) is 54.3 Å². The van der Waals surface area contributed by atoms with Gasteiger partial charge in [-0.15, -0.1) is 0 Å². The number of sulfonamides is 1. The first-order chi connectivity index (χ1) is 13.8. The van der Waals surface area contributed by atoms with E-state index in [-0.39, 0.29) is 12.1 Å². The highest BCUT2D eigenvalue weighted by Crippen LogP contribution is 2.42. The fraction of sp³-hybridized carbons (Fsp3) is 0.200. The van der Waals surface area contributed by atoms with Gasteiger partial charge in [0.1, 0.15) is 17.6 Å². The second-order valence-corrected chi connectivity index (χ2v) is 9.00. The van der Waals surface area contributed by atoms with E-state index in [1.54, 1.807) is 18.3 Å². The zero-order valence-electron chi connectivity index (χ0n) is 15.9. The van der Waals surface area contributed by atoms with Crippen LogP contribution in [0.3, 0.4) is 0 Å². The number of benzene rings is 1. The van der Waals surface area contributed by atoms with Crippen LogP contribution in [0.25, 0.3) is 0 Å². The fourth-order valence-corrected chi connectivity index (χ4v) is 4.35. The van der Waals surface area contributed by atoms with Crippen LogP contribution in [0.4, 0.5) is 11.4 Å². The first-order valence-corrected chi connectivity index (χ1v) is 11.3. The largest absolute Gasteiger partial charge is 0.464 e. The van der Waals surface area contributed by atoms with E-state index in [2.05, 4.69) is 15.0 Å². The molecule has 7 nitrogen and oxygen atoms in total. The number of furan rings is 1. The van der Waals surface area contributed by atoms with Crippen LogP contribution in [0.1, 0.15) is 29.3 Å². The van der Waals surface area contributed by atoms with E-state index < -0.39 is 10.0 Å². The Balaban J connectivity index is 1.73. The molecular weight excluding hydrogens is 408 g/mol. The number of hydrogen-bond acceptors (Lipinski definition) is 5. The monoisotopic (exact) mass is 428 g/mol. The van der Waals surface area contributed by atoms with E-state index in [9.17, 15) is 8.42 Å². The second kappa shape index (κ2) is 7.49. The lowest BCUT2D eigenvalue weighted by Gasteiger charge is -2.26. The summed E-state index contributed by atoms with van der Waals surface area (Å²) < 4.78 is 31.3. The van der Waals surface area contributed by atoms with Gasteiger partial charge in [-0.2, -0.15) is 0 Å². The number of rotatable bonds is 5. The summed E-state index contributed by atoms with van der Waals surface area (Å²) in [5, 5.41) is 3.90. The predicted molar refractivity (Wildman–Crippen MR) is 116 cm³/mol. The lowest BCUT2D eigenvalue weighted by Crippen LogP contribution is -2.29. The van der Waals surface area contributed by atoms with Crippen LogP contribution in [0.2, 0.25) is 0 Å². The molecule has 1 aliphatic heterocycles. The molecule has 1 aliphatic rings. The quantitative estimate of drug-likeness (QED) is 0.601. The number of pyridine rings is 1. The number of thiocarbonyl (C=S) groups is 1. The molecule has 0 spiro atoms.